The van der Waals surface area contributed by atoms with Gasteiger partial charge in [0.25, 0.3) is 0 Å². The number of carbonyl (C=O) groups is 1. The van der Waals surface area contributed by atoms with Crippen LogP contribution in [-0.4, -0.2) is 29.9 Å². The molecule has 5 nitrogen and oxygen atoms in total. The molecule has 2 aromatic carbocycles. The maximum Gasteiger partial charge on any atom is 0.234 e. The number of nitrogens with one attached hydrogen (secondary N) is 1. The second kappa shape index (κ2) is 7.84. The Balaban J connectivity index is 1.36. The first-order chi connectivity index (χ1) is 13.2. The molecule has 7 heteroatoms. The predicted molar refractivity (Wildman–Crippen MR) is 104 cm³/mol. The second-order valence-electron chi connectivity index (χ2n) is 6.01. The molecule has 0 unspecified atom stereocenters. The largest absolute Gasteiger partial charge is 0.486 e. The van der Waals surface area contributed by atoms with Crippen molar-refractivity contribution in [2.45, 2.75) is 5.75 Å². The summed E-state index contributed by atoms with van der Waals surface area (Å²) in [6.07, 6.45) is 1.64. The quantitative estimate of drug-likeness (QED) is 0.720. The Morgan fingerprint density at radius 3 is 2.89 bits per heavy atom. The van der Waals surface area contributed by atoms with Crippen LogP contribution in [-0.2, 0) is 10.5 Å². The molecule has 1 N–H and O–H groups in total. The predicted octanol–water partition coefficient (Wildman–Crippen LogP) is 4.02. The highest BCUT2D eigenvalue weighted by Crippen LogP contribution is 2.32. The van der Waals surface area contributed by atoms with Crippen LogP contribution >= 0.6 is 11.8 Å². The highest BCUT2D eigenvalue weighted by atomic mass is 32.2. The molecule has 0 bridgehead atoms. The molecule has 0 radical (unpaired) electrons. The number of fused-ring (bicyclic) bond motifs is 2. The zero-order valence-corrected chi connectivity index (χ0v) is 15.2. The van der Waals surface area contributed by atoms with Crippen molar-refractivity contribution in [3.05, 3.63) is 60.0 Å². The van der Waals surface area contributed by atoms with Crippen LogP contribution < -0.4 is 14.8 Å². The van der Waals surface area contributed by atoms with Crippen LogP contribution in [0.2, 0.25) is 0 Å². The molecule has 0 aliphatic carbocycles. The Hall–Kier alpha value is -2.80. The number of hydrogen-bond donors (Lipinski definition) is 1. The van der Waals surface area contributed by atoms with Crippen LogP contribution in [0.1, 0.15) is 5.56 Å². The number of anilines is 1. The number of benzene rings is 2. The van der Waals surface area contributed by atoms with Gasteiger partial charge in [0, 0.05) is 29.1 Å². The molecule has 138 valence electrons. The van der Waals surface area contributed by atoms with Crippen molar-refractivity contribution in [3.63, 3.8) is 0 Å². The van der Waals surface area contributed by atoms with E-state index in [1.165, 1.54) is 17.8 Å². The van der Waals surface area contributed by atoms with Crippen molar-refractivity contribution in [2.75, 3.05) is 24.3 Å². The van der Waals surface area contributed by atoms with Gasteiger partial charge in [0.2, 0.25) is 5.91 Å². The summed E-state index contributed by atoms with van der Waals surface area (Å²) >= 11 is 1.45. The van der Waals surface area contributed by atoms with E-state index >= 15 is 0 Å². The molecule has 0 fully saturated rings. The third-order valence-corrected chi connectivity index (χ3v) is 5.10. The molecule has 27 heavy (non-hydrogen) atoms. The van der Waals surface area contributed by atoms with Gasteiger partial charge in [-0.2, -0.15) is 0 Å². The molecule has 3 aromatic rings. The van der Waals surface area contributed by atoms with Crippen LogP contribution in [0.25, 0.3) is 10.9 Å². The molecular formula is C20H17FN2O3S. The minimum Gasteiger partial charge on any atom is -0.486 e. The number of carbonyl (C=O) groups excluding carboxylic acids is 1. The zero-order chi connectivity index (χ0) is 18.6. The maximum atomic E-state index is 13.8. The van der Waals surface area contributed by atoms with Gasteiger partial charge in [0.15, 0.2) is 11.5 Å². The van der Waals surface area contributed by atoms with Gasteiger partial charge in [0.05, 0.1) is 11.3 Å². The summed E-state index contributed by atoms with van der Waals surface area (Å²) in [7, 11) is 0. The van der Waals surface area contributed by atoms with Crippen molar-refractivity contribution in [1.29, 1.82) is 0 Å². The van der Waals surface area contributed by atoms with Crippen LogP contribution in [0, 0.1) is 5.82 Å². The molecule has 0 saturated carbocycles. The normalized spacial score (nSPS) is 12.8. The Kier molecular flexibility index (Phi) is 5.11. The summed E-state index contributed by atoms with van der Waals surface area (Å²) in [4.78, 5) is 16.5. The average Bonchev–Trinajstić information content (AvgIpc) is 2.70. The third kappa shape index (κ3) is 3.98. The van der Waals surface area contributed by atoms with Crippen LogP contribution in [0.15, 0.2) is 48.7 Å². The van der Waals surface area contributed by atoms with Crippen LogP contribution in [0.3, 0.4) is 0 Å². The van der Waals surface area contributed by atoms with E-state index in [-0.39, 0.29) is 17.5 Å². The Morgan fingerprint density at radius 2 is 2.00 bits per heavy atom. The third-order valence-electron chi connectivity index (χ3n) is 4.12. The Bertz CT molecular complexity index is 996. The lowest BCUT2D eigenvalue weighted by molar-refractivity contribution is -0.113. The molecular weight excluding hydrogens is 367 g/mol. The highest BCUT2D eigenvalue weighted by molar-refractivity contribution is 7.99. The van der Waals surface area contributed by atoms with Crippen molar-refractivity contribution in [3.8, 4) is 11.5 Å². The fraction of sp³-hybridized carbons (Fsp3) is 0.200. The number of thioether (sulfide) groups is 1. The molecule has 2 heterocycles. The molecule has 0 atom stereocenters. The van der Waals surface area contributed by atoms with Gasteiger partial charge in [-0.15, -0.1) is 11.8 Å². The number of ether oxygens (including phenoxy) is 2. The van der Waals surface area contributed by atoms with Crippen molar-refractivity contribution in [1.82, 2.24) is 4.98 Å². The second-order valence-corrected chi connectivity index (χ2v) is 6.99. The fourth-order valence-electron chi connectivity index (χ4n) is 2.88. The lowest BCUT2D eigenvalue weighted by Crippen LogP contribution is -2.17. The smallest absolute Gasteiger partial charge is 0.234 e. The standard InChI is InChI=1S/C20H17FN2O3S/c21-16-5-3-13(20-15(16)2-1-7-22-20)11-27-12-19(24)23-14-4-6-17-18(10-14)26-9-8-25-17/h1-7,10H,8-9,11-12H2,(H,23,24). The lowest BCUT2D eigenvalue weighted by atomic mass is 10.1. The van der Waals surface area contributed by atoms with Gasteiger partial charge in [-0.1, -0.05) is 6.07 Å². The maximum absolute atomic E-state index is 13.8. The van der Waals surface area contributed by atoms with Gasteiger partial charge in [0.1, 0.15) is 19.0 Å². The number of halogens is 1. The monoisotopic (exact) mass is 384 g/mol. The van der Waals surface area contributed by atoms with Crippen molar-refractivity contribution >= 4 is 34.3 Å². The summed E-state index contributed by atoms with van der Waals surface area (Å²) in [5.74, 6) is 1.77. The van der Waals surface area contributed by atoms with E-state index in [0.717, 1.165) is 5.56 Å². The molecule has 1 aromatic heterocycles. The minimum atomic E-state index is -0.289. The first kappa shape index (κ1) is 17.6. The average molecular weight is 384 g/mol. The van der Waals surface area contributed by atoms with E-state index < -0.39 is 0 Å². The number of pyridine rings is 1. The SMILES string of the molecule is O=C(CSCc1ccc(F)c2cccnc12)Nc1ccc2c(c1)OCCO2. The number of hydrogen-bond acceptors (Lipinski definition) is 5. The molecule has 1 aliphatic heterocycles. The first-order valence-corrected chi connectivity index (χ1v) is 9.65. The summed E-state index contributed by atoms with van der Waals surface area (Å²) in [6, 6.07) is 11.9. The molecule has 4 rings (SSSR count). The van der Waals surface area contributed by atoms with E-state index in [1.54, 1.807) is 42.6 Å². The van der Waals surface area contributed by atoms with Crippen molar-refractivity contribution < 1.29 is 18.7 Å². The van der Waals surface area contributed by atoms with E-state index in [2.05, 4.69) is 10.3 Å². The summed E-state index contributed by atoms with van der Waals surface area (Å²) in [6.45, 7) is 1.03. The number of rotatable bonds is 5. The molecule has 1 aliphatic rings. The van der Waals surface area contributed by atoms with Gasteiger partial charge >= 0.3 is 0 Å². The topological polar surface area (TPSA) is 60.5 Å². The summed E-state index contributed by atoms with van der Waals surface area (Å²) in [5.41, 5.74) is 2.21. The lowest BCUT2D eigenvalue weighted by Gasteiger charge is -2.19. The zero-order valence-electron chi connectivity index (χ0n) is 14.4. The van der Waals surface area contributed by atoms with E-state index in [1.807, 2.05) is 0 Å². The van der Waals surface area contributed by atoms with Crippen LogP contribution in [0.4, 0.5) is 10.1 Å². The van der Waals surface area contributed by atoms with Crippen molar-refractivity contribution in [2.24, 2.45) is 0 Å². The highest BCUT2D eigenvalue weighted by Gasteiger charge is 2.13. The van der Waals surface area contributed by atoms with E-state index in [0.29, 0.717) is 47.1 Å². The van der Waals surface area contributed by atoms with Gasteiger partial charge in [-0.25, -0.2) is 4.39 Å². The Labute approximate surface area is 159 Å². The summed E-state index contributed by atoms with van der Waals surface area (Å²) in [5, 5.41) is 3.35. The number of nitrogens with zero attached hydrogens (tertiary/aromatic N) is 1. The fourth-order valence-corrected chi connectivity index (χ4v) is 3.70. The van der Waals surface area contributed by atoms with E-state index in [9.17, 15) is 9.18 Å². The molecule has 1 amide bonds. The van der Waals surface area contributed by atoms with Gasteiger partial charge in [-0.3, -0.25) is 9.78 Å². The van der Waals surface area contributed by atoms with Crippen LogP contribution in [0.5, 0.6) is 11.5 Å². The minimum absolute atomic E-state index is 0.115. The summed E-state index contributed by atoms with van der Waals surface area (Å²) < 4.78 is 24.8. The molecule has 0 spiro atoms. The van der Waals surface area contributed by atoms with E-state index in [4.69, 9.17) is 9.47 Å². The molecule has 0 saturated heterocycles. The number of amides is 1. The van der Waals surface area contributed by atoms with Gasteiger partial charge < -0.3 is 14.8 Å². The first-order valence-electron chi connectivity index (χ1n) is 8.50. The van der Waals surface area contributed by atoms with Gasteiger partial charge in [-0.05, 0) is 35.9 Å². The number of aromatic nitrogens is 1. The Morgan fingerprint density at radius 1 is 1.15 bits per heavy atom.